The molecule has 4 nitrogen and oxygen atoms in total. The van der Waals surface area contributed by atoms with Crippen LogP contribution < -0.4 is 0 Å². The fourth-order valence-corrected chi connectivity index (χ4v) is 8.68. The van der Waals surface area contributed by atoms with E-state index in [9.17, 15) is 0 Å². The van der Waals surface area contributed by atoms with Gasteiger partial charge in [-0.25, -0.2) is 15.0 Å². The first kappa shape index (κ1) is 34.3. The molecule has 57 heavy (non-hydrogen) atoms. The number of hydrogen-bond donors (Lipinski definition) is 0. The second kappa shape index (κ2) is 14.2. The molecule has 4 heteroatoms. The van der Waals surface area contributed by atoms with Gasteiger partial charge in [0.05, 0.1) is 11.0 Å². The van der Waals surface area contributed by atoms with Crippen molar-refractivity contribution in [2.45, 2.75) is 25.7 Å². The molecule has 0 radical (unpaired) electrons. The largest absolute Gasteiger partial charge is 0.309 e. The monoisotopic (exact) mass is 732 g/mol. The minimum absolute atomic E-state index is 0.292. The summed E-state index contributed by atoms with van der Waals surface area (Å²) in [6.45, 7) is 4.45. The molecule has 1 aliphatic rings. The summed E-state index contributed by atoms with van der Waals surface area (Å²) in [7, 11) is 0. The number of aromatic nitrogens is 4. The van der Waals surface area contributed by atoms with Crippen LogP contribution in [0.2, 0.25) is 0 Å². The van der Waals surface area contributed by atoms with Crippen LogP contribution in [0.5, 0.6) is 0 Å². The van der Waals surface area contributed by atoms with E-state index in [1.807, 2.05) is 36.4 Å². The number of benzene rings is 7. The van der Waals surface area contributed by atoms with Gasteiger partial charge in [0, 0.05) is 38.6 Å². The summed E-state index contributed by atoms with van der Waals surface area (Å²) in [6, 6.07) is 60.4. The zero-order chi connectivity index (χ0) is 38.3. The molecule has 0 saturated carbocycles. The standard InChI is InChI=1S/C53H40N4/c1-3-4-5-17-33-53(2)45-27-18-26-43(52-55-50(36-19-9-6-10-20-36)54-51(56-52)37-21-11-7-12-22-37)49(45)42-31-29-39(35-46(42)53)38-30-32-48-44(34-38)41-25-15-16-28-47(41)57(48)40-23-13-8-14-24-40/h3-32,34-35H,33H2,1-2H3/b4-3-,17-5-. The molecule has 0 saturated heterocycles. The molecule has 2 aromatic heterocycles. The van der Waals surface area contributed by atoms with Crippen molar-refractivity contribution in [1.29, 1.82) is 0 Å². The van der Waals surface area contributed by atoms with Crippen LogP contribution in [0.15, 0.2) is 194 Å². The van der Waals surface area contributed by atoms with Gasteiger partial charge in [0.2, 0.25) is 0 Å². The summed E-state index contributed by atoms with van der Waals surface area (Å²) in [5, 5.41) is 2.49. The van der Waals surface area contributed by atoms with Gasteiger partial charge in [0.15, 0.2) is 17.5 Å². The van der Waals surface area contributed by atoms with Crippen LogP contribution in [0.25, 0.3) is 83.9 Å². The van der Waals surface area contributed by atoms with Crippen molar-refractivity contribution in [3.05, 3.63) is 205 Å². The van der Waals surface area contributed by atoms with E-state index < -0.39 is 0 Å². The van der Waals surface area contributed by atoms with Crippen LogP contribution in [0, 0.1) is 0 Å². The smallest absolute Gasteiger partial charge is 0.164 e. The Kier molecular flexibility index (Phi) is 8.53. The molecule has 0 bridgehead atoms. The van der Waals surface area contributed by atoms with E-state index in [0.717, 1.165) is 28.8 Å². The molecule has 0 fully saturated rings. The summed E-state index contributed by atoms with van der Waals surface area (Å²) in [4.78, 5) is 15.3. The van der Waals surface area contributed by atoms with E-state index in [4.69, 9.17) is 15.0 Å². The second-order valence-electron chi connectivity index (χ2n) is 14.9. The SMILES string of the molecule is C/C=C\C=C/CC1(C)c2cc(-c3ccc4c(c3)c3ccccc3n4-c3ccccc3)ccc2-c2c(-c3nc(-c4ccccc4)nc(-c4ccccc4)n3)cccc21. The Bertz CT molecular complexity index is 2940. The highest BCUT2D eigenvalue weighted by atomic mass is 15.0. The second-order valence-corrected chi connectivity index (χ2v) is 14.9. The Morgan fingerprint density at radius 3 is 1.82 bits per heavy atom. The van der Waals surface area contributed by atoms with Gasteiger partial charge < -0.3 is 4.57 Å². The zero-order valence-corrected chi connectivity index (χ0v) is 32.0. The summed E-state index contributed by atoms with van der Waals surface area (Å²) in [5.74, 6) is 1.99. The lowest BCUT2D eigenvalue weighted by atomic mass is 9.76. The lowest BCUT2D eigenvalue weighted by molar-refractivity contribution is 0.597. The number of para-hydroxylation sites is 2. The first-order chi connectivity index (χ1) is 28.1. The molecule has 7 aromatic carbocycles. The molecule has 2 heterocycles. The molecule has 0 aliphatic heterocycles. The van der Waals surface area contributed by atoms with Crippen LogP contribution in [0.3, 0.4) is 0 Å². The Balaban J connectivity index is 1.16. The molecule has 1 aliphatic carbocycles. The third-order valence-corrected chi connectivity index (χ3v) is 11.5. The zero-order valence-electron chi connectivity index (χ0n) is 32.0. The average Bonchev–Trinajstić information content (AvgIpc) is 3.74. The van der Waals surface area contributed by atoms with Crippen LogP contribution >= 0.6 is 0 Å². The molecular weight excluding hydrogens is 693 g/mol. The van der Waals surface area contributed by atoms with E-state index in [-0.39, 0.29) is 5.41 Å². The van der Waals surface area contributed by atoms with Crippen LogP contribution in [0.1, 0.15) is 31.4 Å². The van der Waals surface area contributed by atoms with E-state index in [1.165, 1.54) is 55.2 Å². The molecule has 0 amide bonds. The van der Waals surface area contributed by atoms with Crippen molar-refractivity contribution in [2.24, 2.45) is 0 Å². The van der Waals surface area contributed by atoms with E-state index in [2.05, 4.69) is 176 Å². The number of hydrogen-bond acceptors (Lipinski definition) is 3. The molecule has 9 aromatic rings. The molecule has 1 unspecified atom stereocenters. The molecule has 1 atom stereocenters. The topological polar surface area (TPSA) is 43.6 Å². The minimum Gasteiger partial charge on any atom is -0.309 e. The van der Waals surface area contributed by atoms with E-state index in [1.54, 1.807) is 0 Å². The molecule has 10 rings (SSSR count). The highest BCUT2D eigenvalue weighted by Gasteiger charge is 2.40. The Morgan fingerprint density at radius 2 is 1.11 bits per heavy atom. The van der Waals surface area contributed by atoms with E-state index >= 15 is 0 Å². The van der Waals surface area contributed by atoms with Gasteiger partial charge in [-0.1, -0.05) is 165 Å². The van der Waals surface area contributed by atoms with Crippen LogP contribution in [-0.2, 0) is 5.41 Å². The minimum atomic E-state index is -0.292. The van der Waals surface area contributed by atoms with Crippen LogP contribution in [0.4, 0.5) is 0 Å². The Morgan fingerprint density at radius 1 is 0.491 bits per heavy atom. The summed E-state index contributed by atoms with van der Waals surface area (Å²) >= 11 is 0. The van der Waals surface area contributed by atoms with Gasteiger partial charge in [-0.3, -0.25) is 0 Å². The van der Waals surface area contributed by atoms with Gasteiger partial charge in [-0.05, 0) is 83.1 Å². The van der Waals surface area contributed by atoms with Gasteiger partial charge in [0.25, 0.3) is 0 Å². The average molecular weight is 733 g/mol. The Labute approximate surface area is 333 Å². The maximum atomic E-state index is 5.18. The third-order valence-electron chi connectivity index (χ3n) is 11.5. The first-order valence-corrected chi connectivity index (χ1v) is 19.6. The predicted octanol–water partition coefficient (Wildman–Crippen LogP) is 13.4. The van der Waals surface area contributed by atoms with Gasteiger partial charge in [-0.15, -0.1) is 0 Å². The number of fused-ring (bicyclic) bond motifs is 6. The van der Waals surface area contributed by atoms with Crippen molar-refractivity contribution in [3.63, 3.8) is 0 Å². The van der Waals surface area contributed by atoms with Crippen molar-refractivity contribution in [2.75, 3.05) is 0 Å². The summed E-state index contributed by atoms with van der Waals surface area (Å²) in [5.41, 5.74) is 13.6. The molecular formula is C53H40N4. The predicted molar refractivity (Wildman–Crippen MR) is 236 cm³/mol. The lowest BCUT2D eigenvalue weighted by Crippen LogP contribution is -2.19. The van der Waals surface area contributed by atoms with Crippen molar-refractivity contribution in [1.82, 2.24) is 19.5 Å². The maximum absolute atomic E-state index is 5.18. The molecule has 0 spiro atoms. The van der Waals surface area contributed by atoms with Crippen LogP contribution in [-0.4, -0.2) is 19.5 Å². The third kappa shape index (κ3) is 5.89. The number of rotatable bonds is 8. The fraction of sp³-hybridized carbons (Fsp3) is 0.0755. The van der Waals surface area contributed by atoms with Crippen molar-refractivity contribution < 1.29 is 0 Å². The first-order valence-electron chi connectivity index (χ1n) is 19.6. The van der Waals surface area contributed by atoms with Gasteiger partial charge in [0.1, 0.15) is 0 Å². The highest BCUT2D eigenvalue weighted by Crippen LogP contribution is 2.54. The Hall–Kier alpha value is -7.17. The number of allylic oxidation sites excluding steroid dienone is 4. The van der Waals surface area contributed by atoms with Crippen molar-refractivity contribution >= 4 is 21.8 Å². The van der Waals surface area contributed by atoms with Crippen molar-refractivity contribution in [3.8, 4) is 62.1 Å². The van der Waals surface area contributed by atoms with E-state index in [0.29, 0.717) is 17.5 Å². The quantitative estimate of drug-likeness (QED) is 0.146. The fourth-order valence-electron chi connectivity index (χ4n) is 8.68. The molecule has 272 valence electrons. The normalized spacial score (nSPS) is 14.8. The molecule has 0 N–H and O–H groups in total. The van der Waals surface area contributed by atoms with Gasteiger partial charge >= 0.3 is 0 Å². The summed E-state index contributed by atoms with van der Waals surface area (Å²) in [6.07, 6.45) is 9.49. The number of nitrogens with zero attached hydrogens (tertiary/aromatic N) is 4. The lowest BCUT2D eigenvalue weighted by Gasteiger charge is -2.26. The van der Waals surface area contributed by atoms with Gasteiger partial charge in [-0.2, -0.15) is 0 Å². The summed E-state index contributed by atoms with van der Waals surface area (Å²) < 4.78 is 2.37. The maximum Gasteiger partial charge on any atom is 0.164 e. The highest BCUT2D eigenvalue weighted by molar-refractivity contribution is 6.10.